The first kappa shape index (κ1) is 22.4. The molecule has 0 aliphatic rings. The number of benzene rings is 2. The highest BCUT2D eigenvalue weighted by Gasteiger charge is 2.09. The summed E-state index contributed by atoms with van der Waals surface area (Å²) in [4.78, 5) is 14.4. The van der Waals surface area contributed by atoms with Gasteiger partial charge in [0.25, 0.3) is 0 Å². The summed E-state index contributed by atoms with van der Waals surface area (Å²) in [7, 11) is 8.41. The van der Waals surface area contributed by atoms with E-state index >= 15 is 0 Å². The number of nitrogens with one attached hydrogen (secondary N) is 1. The molecule has 0 aromatic heterocycles. The van der Waals surface area contributed by atoms with Crippen LogP contribution in [0.15, 0.2) is 36.4 Å². The number of methoxy groups -OCH3 is 4. The second kappa shape index (κ2) is 11.2. The lowest BCUT2D eigenvalue weighted by Crippen LogP contribution is -2.26. The van der Waals surface area contributed by atoms with Crippen molar-refractivity contribution in [2.75, 3.05) is 53.9 Å². The number of nitrogens with zero attached hydrogens (tertiary/aromatic N) is 1. The molecule has 0 saturated heterocycles. The van der Waals surface area contributed by atoms with Crippen molar-refractivity contribution in [3.63, 3.8) is 0 Å². The third-order valence-electron chi connectivity index (χ3n) is 4.59. The first-order chi connectivity index (χ1) is 14.0. The fraction of sp³-hybridized carbons (Fsp3) is 0.409. The highest BCUT2D eigenvalue weighted by atomic mass is 16.5. The molecule has 158 valence electrons. The van der Waals surface area contributed by atoms with Crippen LogP contribution in [0.25, 0.3) is 0 Å². The number of carbonyl (C=O) groups excluding carboxylic acids is 1. The van der Waals surface area contributed by atoms with Gasteiger partial charge in [-0.2, -0.15) is 0 Å². The Balaban J connectivity index is 1.81. The van der Waals surface area contributed by atoms with Crippen LogP contribution in [0, 0.1) is 0 Å². The number of hydrogen-bond donors (Lipinski definition) is 1. The van der Waals surface area contributed by atoms with Crippen LogP contribution in [0.3, 0.4) is 0 Å². The molecule has 0 aliphatic heterocycles. The Morgan fingerprint density at radius 2 is 1.52 bits per heavy atom. The fourth-order valence-electron chi connectivity index (χ4n) is 2.86. The summed E-state index contributed by atoms with van der Waals surface area (Å²) in [6, 6.07) is 11.2. The highest BCUT2D eigenvalue weighted by Crippen LogP contribution is 2.28. The molecule has 0 fully saturated rings. The molecule has 2 aromatic rings. The Bertz CT molecular complexity index is 788. The van der Waals surface area contributed by atoms with Gasteiger partial charge in [0.1, 0.15) is 11.5 Å². The van der Waals surface area contributed by atoms with Crippen LogP contribution < -0.4 is 24.3 Å². The van der Waals surface area contributed by atoms with Gasteiger partial charge in [-0.1, -0.05) is 6.07 Å². The highest BCUT2D eigenvalue weighted by molar-refractivity contribution is 5.91. The third-order valence-corrected chi connectivity index (χ3v) is 4.59. The molecule has 0 radical (unpaired) electrons. The minimum atomic E-state index is -0.0572. The minimum absolute atomic E-state index is 0.0572. The predicted molar refractivity (Wildman–Crippen MR) is 114 cm³/mol. The monoisotopic (exact) mass is 402 g/mol. The molecule has 29 heavy (non-hydrogen) atoms. The van der Waals surface area contributed by atoms with E-state index in [4.69, 9.17) is 18.9 Å². The first-order valence-corrected chi connectivity index (χ1v) is 9.41. The molecule has 0 spiro atoms. The zero-order valence-corrected chi connectivity index (χ0v) is 17.8. The van der Waals surface area contributed by atoms with Gasteiger partial charge in [-0.3, -0.25) is 4.79 Å². The zero-order chi connectivity index (χ0) is 21.2. The molecule has 0 saturated carbocycles. The average molecular weight is 402 g/mol. The van der Waals surface area contributed by atoms with Crippen LogP contribution >= 0.6 is 0 Å². The van der Waals surface area contributed by atoms with E-state index in [1.807, 2.05) is 25.2 Å². The van der Waals surface area contributed by atoms with Gasteiger partial charge in [0, 0.05) is 43.4 Å². The second-order valence-electron chi connectivity index (χ2n) is 6.64. The molecular formula is C22H30N2O5. The first-order valence-electron chi connectivity index (χ1n) is 9.41. The molecule has 1 N–H and O–H groups in total. The summed E-state index contributed by atoms with van der Waals surface area (Å²) >= 11 is 0. The summed E-state index contributed by atoms with van der Waals surface area (Å²) in [6.07, 6.45) is 1.24. The normalized spacial score (nSPS) is 10.6. The lowest BCUT2D eigenvalue weighted by Gasteiger charge is -2.17. The van der Waals surface area contributed by atoms with E-state index in [1.54, 1.807) is 46.6 Å². The van der Waals surface area contributed by atoms with Gasteiger partial charge < -0.3 is 29.2 Å². The maximum atomic E-state index is 12.3. The molecule has 0 aliphatic carbocycles. The molecule has 7 nitrogen and oxygen atoms in total. The summed E-state index contributed by atoms with van der Waals surface area (Å²) in [5.74, 6) is 2.65. The number of ether oxygens (including phenoxy) is 4. The number of hydrogen-bond acceptors (Lipinski definition) is 6. The molecular weight excluding hydrogens is 372 g/mol. The van der Waals surface area contributed by atoms with Crippen LogP contribution in [-0.4, -0.2) is 59.4 Å². The number of carbonyl (C=O) groups is 1. The Hall–Kier alpha value is -2.93. The second-order valence-corrected chi connectivity index (χ2v) is 6.64. The predicted octanol–water partition coefficient (Wildman–Crippen LogP) is 3.22. The third kappa shape index (κ3) is 6.87. The van der Waals surface area contributed by atoms with Crippen LogP contribution in [-0.2, 0) is 11.2 Å². The van der Waals surface area contributed by atoms with Gasteiger partial charge in [-0.05, 0) is 31.2 Å². The Morgan fingerprint density at radius 1 is 0.862 bits per heavy atom. The molecule has 7 heteroatoms. The van der Waals surface area contributed by atoms with E-state index in [1.165, 1.54) is 0 Å². The van der Waals surface area contributed by atoms with E-state index < -0.39 is 0 Å². The van der Waals surface area contributed by atoms with Gasteiger partial charge >= 0.3 is 0 Å². The fourth-order valence-corrected chi connectivity index (χ4v) is 2.86. The summed E-state index contributed by atoms with van der Waals surface area (Å²) in [5.41, 5.74) is 1.81. The smallest absolute Gasteiger partial charge is 0.225 e. The maximum absolute atomic E-state index is 12.3. The SMILES string of the molecule is COc1cc(NC(=O)CCN(C)CCc2ccc(OC)c(OC)c2)cc(OC)c1. The lowest BCUT2D eigenvalue weighted by atomic mass is 10.1. The maximum Gasteiger partial charge on any atom is 0.225 e. The van der Waals surface area contributed by atoms with E-state index in [9.17, 15) is 4.79 Å². The molecule has 1 amide bonds. The van der Waals surface area contributed by atoms with Crippen molar-refractivity contribution in [3.05, 3.63) is 42.0 Å². The average Bonchev–Trinajstić information content (AvgIpc) is 2.75. The van der Waals surface area contributed by atoms with Crippen molar-refractivity contribution in [1.82, 2.24) is 4.90 Å². The van der Waals surface area contributed by atoms with Crippen molar-refractivity contribution in [2.24, 2.45) is 0 Å². The molecule has 2 aromatic carbocycles. The minimum Gasteiger partial charge on any atom is -0.497 e. The molecule has 0 bridgehead atoms. The van der Waals surface area contributed by atoms with E-state index in [0.717, 1.165) is 30.0 Å². The molecule has 0 heterocycles. The van der Waals surface area contributed by atoms with Crippen LogP contribution in [0.5, 0.6) is 23.0 Å². The summed E-state index contributed by atoms with van der Waals surface area (Å²) < 4.78 is 21.1. The van der Waals surface area contributed by atoms with Gasteiger partial charge in [0.05, 0.1) is 28.4 Å². The van der Waals surface area contributed by atoms with Crippen molar-refractivity contribution in [3.8, 4) is 23.0 Å². The Kier molecular flexibility index (Phi) is 8.61. The van der Waals surface area contributed by atoms with Crippen LogP contribution in [0.1, 0.15) is 12.0 Å². The number of rotatable bonds is 11. The van der Waals surface area contributed by atoms with Gasteiger partial charge in [0.2, 0.25) is 5.91 Å². The molecule has 2 rings (SSSR count). The molecule has 0 unspecified atom stereocenters. The zero-order valence-electron chi connectivity index (χ0n) is 17.8. The summed E-state index contributed by atoms with van der Waals surface area (Å²) in [6.45, 7) is 1.48. The standard InChI is InChI=1S/C22H30N2O5/c1-24(10-8-16-6-7-20(28-4)21(12-16)29-5)11-9-22(25)23-17-13-18(26-2)15-19(14-17)27-3/h6-7,12-15H,8-11H2,1-5H3,(H,23,25). The van der Waals surface area contributed by atoms with Gasteiger partial charge in [-0.25, -0.2) is 0 Å². The summed E-state index contributed by atoms with van der Waals surface area (Å²) in [5, 5.41) is 2.89. The van der Waals surface area contributed by atoms with E-state index in [-0.39, 0.29) is 5.91 Å². The number of amides is 1. The topological polar surface area (TPSA) is 69.3 Å². The number of likely N-dealkylation sites (N-methyl/N-ethyl adjacent to an activating group) is 1. The largest absolute Gasteiger partial charge is 0.497 e. The van der Waals surface area contributed by atoms with Gasteiger partial charge in [0.15, 0.2) is 11.5 Å². The van der Waals surface area contributed by atoms with Crippen LogP contribution in [0.4, 0.5) is 5.69 Å². The van der Waals surface area contributed by atoms with Crippen molar-refractivity contribution in [2.45, 2.75) is 12.8 Å². The van der Waals surface area contributed by atoms with Crippen molar-refractivity contribution < 1.29 is 23.7 Å². The Morgan fingerprint density at radius 3 is 2.10 bits per heavy atom. The molecule has 0 atom stereocenters. The van der Waals surface area contributed by atoms with Crippen LogP contribution in [0.2, 0.25) is 0 Å². The Labute approximate surface area is 172 Å². The van der Waals surface area contributed by atoms with Crippen molar-refractivity contribution >= 4 is 11.6 Å². The van der Waals surface area contributed by atoms with E-state index in [0.29, 0.717) is 30.2 Å². The van der Waals surface area contributed by atoms with E-state index in [2.05, 4.69) is 10.2 Å². The lowest BCUT2D eigenvalue weighted by molar-refractivity contribution is -0.116. The quantitative estimate of drug-likeness (QED) is 0.622. The van der Waals surface area contributed by atoms with Crippen molar-refractivity contribution in [1.29, 1.82) is 0 Å². The van der Waals surface area contributed by atoms with Gasteiger partial charge in [-0.15, -0.1) is 0 Å². The number of anilines is 1.